The first kappa shape index (κ1) is 20.1. The lowest BCUT2D eigenvalue weighted by atomic mass is 9.99. The maximum Gasteiger partial charge on any atom is 0.0891 e. The van der Waals surface area contributed by atoms with Gasteiger partial charge in [-0.3, -0.25) is 4.98 Å². The number of ether oxygens (including phenoxy) is 1. The third-order valence-corrected chi connectivity index (χ3v) is 4.42. The number of hydrogen-bond acceptors (Lipinski definition) is 4. The second-order valence-electron chi connectivity index (χ2n) is 6.99. The Morgan fingerprint density at radius 3 is 2.58 bits per heavy atom. The summed E-state index contributed by atoms with van der Waals surface area (Å²) in [6.45, 7) is 16.1. The Bertz CT molecular complexity index is 781. The Hall–Kier alpha value is -2.20. The van der Waals surface area contributed by atoms with E-state index in [1.165, 1.54) is 0 Å². The smallest absolute Gasteiger partial charge is 0.0891 e. The maximum atomic E-state index is 5.13. The predicted octanol–water partition coefficient (Wildman–Crippen LogP) is 5.23. The average Bonchev–Trinajstić information content (AvgIpc) is 2.61. The molecule has 0 bridgehead atoms. The molecule has 0 spiro atoms. The zero-order valence-electron chi connectivity index (χ0n) is 16.9. The lowest BCUT2D eigenvalue weighted by molar-refractivity contribution is 0.211. The molecule has 0 atom stereocenters. The van der Waals surface area contributed by atoms with Gasteiger partial charge in [0.1, 0.15) is 0 Å². The molecule has 0 aromatic carbocycles. The van der Waals surface area contributed by atoms with Gasteiger partial charge in [0.15, 0.2) is 0 Å². The van der Waals surface area contributed by atoms with E-state index >= 15 is 0 Å². The van der Waals surface area contributed by atoms with Gasteiger partial charge in [-0.05, 0) is 55.5 Å². The largest absolute Gasteiger partial charge is 0.383 e. The van der Waals surface area contributed by atoms with E-state index in [1.54, 1.807) is 7.11 Å². The number of nitrogens with zero attached hydrogens (tertiary/aromatic N) is 2. The molecule has 1 N–H and O–H groups in total. The van der Waals surface area contributed by atoms with E-state index in [0.29, 0.717) is 12.5 Å². The van der Waals surface area contributed by atoms with Gasteiger partial charge < -0.3 is 10.1 Å². The van der Waals surface area contributed by atoms with Crippen LogP contribution in [0.3, 0.4) is 0 Å². The van der Waals surface area contributed by atoms with Crippen LogP contribution in [0, 0.1) is 6.92 Å². The molecule has 4 heteroatoms. The summed E-state index contributed by atoms with van der Waals surface area (Å²) in [5.41, 5.74) is 8.29. The number of pyridine rings is 2. The minimum atomic E-state index is 0.418. The van der Waals surface area contributed by atoms with Crippen molar-refractivity contribution in [2.24, 2.45) is 0 Å². The first-order valence-corrected chi connectivity index (χ1v) is 9.29. The van der Waals surface area contributed by atoms with Crippen LogP contribution in [0.25, 0.3) is 16.8 Å². The monoisotopic (exact) mass is 353 g/mol. The molecule has 0 saturated heterocycles. The molecule has 0 amide bonds. The van der Waals surface area contributed by atoms with Crippen molar-refractivity contribution < 1.29 is 4.74 Å². The van der Waals surface area contributed by atoms with Crippen LogP contribution in [-0.2, 0) is 11.2 Å². The number of anilines is 1. The minimum absolute atomic E-state index is 0.418. The number of allylic oxidation sites excluding steroid dienone is 1. The second kappa shape index (κ2) is 8.95. The lowest BCUT2D eigenvalue weighted by Crippen LogP contribution is -2.11. The fourth-order valence-electron chi connectivity index (χ4n) is 2.96. The summed E-state index contributed by atoms with van der Waals surface area (Å²) in [7, 11) is 1.70. The molecule has 0 aliphatic carbocycles. The summed E-state index contributed by atoms with van der Waals surface area (Å²) in [6.07, 6.45) is 0.882. The third-order valence-electron chi connectivity index (χ3n) is 4.42. The van der Waals surface area contributed by atoms with E-state index in [2.05, 4.69) is 57.8 Å². The molecule has 2 aromatic heterocycles. The highest BCUT2D eigenvalue weighted by Crippen LogP contribution is 2.31. The number of aryl methyl sites for hydroxylation is 2. The van der Waals surface area contributed by atoms with Crippen molar-refractivity contribution in [3.8, 4) is 11.3 Å². The number of hydrogen-bond donors (Lipinski definition) is 1. The molecule has 2 rings (SSSR count). The Morgan fingerprint density at radius 2 is 2.00 bits per heavy atom. The van der Waals surface area contributed by atoms with E-state index < -0.39 is 0 Å². The van der Waals surface area contributed by atoms with Gasteiger partial charge in [-0.2, -0.15) is 0 Å². The van der Waals surface area contributed by atoms with Crippen LogP contribution in [-0.4, -0.2) is 30.2 Å². The number of aromatic nitrogens is 2. The molecule has 0 fully saturated rings. The van der Waals surface area contributed by atoms with Crippen LogP contribution in [0.2, 0.25) is 0 Å². The van der Waals surface area contributed by atoms with Gasteiger partial charge in [0.05, 0.1) is 23.7 Å². The van der Waals surface area contributed by atoms with Gasteiger partial charge in [0, 0.05) is 30.6 Å². The molecule has 2 aromatic rings. The fraction of sp³-hybridized carbons (Fsp3) is 0.455. The van der Waals surface area contributed by atoms with Crippen molar-refractivity contribution in [2.75, 3.05) is 25.6 Å². The predicted molar refractivity (Wildman–Crippen MR) is 111 cm³/mol. The first-order valence-electron chi connectivity index (χ1n) is 9.29. The SMILES string of the molecule is C=C(C)c1nc(-c2ccc(C(C)C)nc2CC)c(C)cc1NCCOC. The summed E-state index contributed by atoms with van der Waals surface area (Å²) in [6, 6.07) is 6.43. The standard InChI is InChI=1S/C22H31N3O/c1-8-18-17(9-10-19(24-18)14(2)3)22-16(6)13-20(23-11-12-26-7)21(25-22)15(4)5/h9-10,13-14,23H,4,8,11-12H2,1-3,5-7H3. The minimum Gasteiger partial charge on any atom is -0.383 e. The Balaban J connectivity index is 2.53. The summed E-state index contributed by atoms with van der Waals surface area (Å²) in [4.78, 5) is 9.83. The molecule has 0 saturated carbocycles. The molecule has 0 aliphatic heterocycles. The van der Waals surface area contributed by atoms with E-state index in [4.69, 9.17) is 14.7 Å². The van der Waals surface area contributed by atoms with Gasteiger partial charge in [-0.25, -0.2) is 4.98 Å². The van der Waals surface area contributed by atoms with Crippen molar-refractivity contribution in [3.63, 3.8) is 0 Å². The quantitative estimate of drug-likeness (QED) is 0.660. The van der Waals surface area contributed by atoms with E-state index in [9.17, 15) is 0 Å². The van der Waals surface area contributed by atoms with Gasteiger partial charge in [0.25, 0.3) is 0 Å². The number of methoxy groups -OCH3 is 1. The van der Waals surface area contributed by atoms with Gasteiger partial charge in [-0.1, -0.05) is 27.4 Å². The molecular formula is C22H31N3O. The zero-order chi connectivity index (χ0) is 19.3. The summed E-state index contributed by atoms with van der Waals surface area (Å²) >= 11 is 0. The molecule has 0 unspecified atom stereocenters. The van der Waals surface area contributed by atoms with Gasteiger partial charge >= 0.3 is 0 Å². The molecular weight excluding hydrogens is 322 g/mol. The highest BCUT2D eigenvalue weighted by molar-refractivity contribution is 5.77. The van der Waals surface area contributed by atoms with E-state index in [1.807, 2.05) is 6.92 Å². The van der Waals surface area contributed by atoms with Crippen LogP contribution in [0.1, 0.15) is 56.3 Å². The third kappa shape index (κ3) is 4.50. The molecule has 0 aliphatic rings. The second-order valence-corrected chi connectivity index (χ2v) is 6.99. The van der Waals surface area contributed by atoms with Crippen molar-refractivity contribution in [1.29, 1.82) is 0 Å². The van der Waals surface area contributed by atoms with Gasteiger partial charge in [0.2, 0.25) is 0 Å². The maximum absolute atomic E-state index is 5.13. The van der Waals surface area contributed by atoms with Crippen LogP contribution < -0.4 is 5.32 Å². The number of rotatable bonds is 8. The fourth-order valence-corrected chi connectivity index (χ4v) is 2.96. The van der Waals surface area contributed by atoms with Crippen LogP contribution in [0.4, 0.5) is 5.69 Å². The average molecular weight is 354 g/mol. The van der Waals surface area contributed by atoms with Crippen molar-refractivity contribution in [1.82, 2.24) is 9.97 Å². The Morgan fingerprint density at radius 1 is 1.27 bits per heavy atom. The topological polar surface area (TPSA) is 47.0 Å². The first-order chi connectivity index (χ1) is 12.4. The van der Waals surface area contributed by atoms with Crippen molar-refractivity contribution in [2.45, 2.75) is 47.0 Å². The molecule has 140 valence electrons. The number of nitrogens with one attached hydrogen (secondary N) is 1. The van der Waals surface area contributed by atoms with Crippen LogP contribution in [0.15, 0.2) is 24.8 Å². The normalized spacial score (nSPS) is 11.0. The summed E-state index contributed by atoms with van der Waals surface area (Å²) in [5.74, 6) is 0.418. The van der Waals surface area contributed by atoms with E-state index in [-0.39, 0.29) is 0 Å². The van der Waals surface area contributed by atoms with Crippen molar-refractivity contribution >= 4 is 11.3 Å². The van der Waals surface area contributed by atoms with E-state index in [0.717, 1.165) is 58.1 Å². The Labute approximate surface area is 157 Å². The highest BCUT2D eigenvalue weighted by atomic mass is 16.5. The van der Waals surface area contributed by atoms with Crippen LogP contribution in [0.5, 0.6) is 0 Å². The zero-order valence-corrected chi connectivity index (χ0v) is 16.9. The highest BCUT2D eigenvalue weighted by Gasteiger charge is 2.15. The Kier molecular flexibility index (Phi) is 6.92. The molecule has 2 heterocycles. The molecule has 4 nitrogen and oxygen atoms in total. The van der Waals surface area contributed by atoms with Crippen molar-refractivity contribution in [3.05, 3.63) is 47.4 Å². The summed E-state index contributed by atoms with van der Waals surface area (Å²) in [5, 5.41) is 3.40. The lowest BCUT2D eigenvalue weighted by Gasteiger charge is -2.17. The van der Waals surface area contributed by atoms with Crippen LogP contribution >= 0.6 is 0 Å². The van der Waals surface area contributed by atoms with Gasteiger partial charge in [-0.15, -0.1) is 0 Å². The summed E-state index contributed by atoms with van der Waals surface area (Å²) < 4.78 is 5.13. The molecule has 26 heavy (non-hydrogen) atoms. The molecule has 0 radical (unpaired) electrons.